The zero-order chi connectivity index (χ0) is 15.6. The van der Waals surface area contributed by atoms with Crippen LogP contribution in [0.25, 0.3) is 0 Å². The topological polar surface area (TPSA) is 60.2 Å². The molecule has 0 aromatic heterocycles. The molecular formula is C16H18ClNO2S. The number of hydrogen-bond acceptors (Lipinski definition) is 3. The first-order valence-corrected chi connectivity index (χ1v) is 8.69. The molecular weight excluding hydrogens is 306 g/mol. The number of benzene rings is 2. The van der Waals surface area contributed by atoms with E-state index in [0.717, 1.165) is 5.56 Å². The van der Waals surface area contributed by atoms with Crippen LogP contribution >= 0.6 is 11.6 Å². The highest BCUT2D eigenvalue weighted by Crippen LogP contribution is 2.27. The van der Waals surface area contributed by atoms with Crippen LogP contribution in [0.15, 0.2) is 47.4 Å². The highest BCUT2D eigenvalue weighted by molar-refractivity contribution is 7.90. The van der Waals surface area contributed by atoms with E-state index in [1.807, 2.05) is 24.3 Å². The molecule has 5 heteroatoms. The maximum Gasteiger partial charge on any atom is 0.183 e. The Morgan fingerprint density at radius 3 is 2.24 bits per heavy atom. The minimum absolute atomic E-state index is 0.0744. The van der Waals surface area contributed by atoms with E-state index in [9.17, 15) is 8.42 Å². The second-order valence-corrected chi connectivity index (χ2v) is 7.71. The maximum atomic E-state index is 12.4. The summed E-state index contributed by atoms with van der Waals surface area (Å²) in [6, 6.07) is 12.1. The summed E-state index contributed by atoms with van der Waals surface area (Å²) < 4.78 is 24.9. The molecule has 0 fully saturated rings. The molecule has 0 bridgehead atoms. The van der Waals surface area contributed by atoms with Gasteiger partial charge >= 0.3 is 0 Å². The number of nitrogen functional groups attached to an aromatic ring is 1. The van der Waals surface area contributed by atoms with Gasteiger partial charge in [-0.2, -0.15) is 0 Å². The van der Waals surface area contributed by atoms with Crippen molar-refractivity contribution in [2.24, 2.45) is 0 Å². The van der Waals surface area contributed by atoms with Gasteiger partial charge in [-0.15, -0.1) is 0 Å². The third kappa shape index (κ3) is 3.77. The number of rotatable bonds is 4. The molecule has 0 saturated heterocycles. The fraction of sp³-hybridized carbons (Fsp3) is 0.250. The van der Waals surface area contributed by atoms with Crippen molar-refractivity contribution in [3.05, 3.63) is 58.6 Å². The first-order chi connectivity index (χ1) is 9.79. The van der Waals surface area contributed by atoms with Gasteiger partial charge in [-0.3, -0.25) is 0 Å². The smallest absolute Gasteiger partial charge is 0.183 e. The average molecular weight is 324 g/mol. The Balaban J connectivity index is 2.28. The SMILES string of the molecule is CC(C)c1ccc(CS(=O)(=O)c2ccc(N)cc2Cl)cc1. The lowest BCUT2D eigenvalue weighted by atomic mass is 10.0. The molecule has 21 heavy (non-hydrogen) atoms. The predicted molar refractivity (Wildman–Crippen MR) is 87.3 cm³/mol. The molecule has 2 aromatic rings. The van der Waals surface area contributed by atoms with Gasteiger partial charge in [-0.1, -0.05) is 49.7 Å². The van der Waals surface area contributed by atoms with Crippen LogP contribution in [0.4, 0.5) is 5.69 Å². The molecule has 0 amide bonds. The maximum absolute atomic E-state index is 12.4. The van der Waals surface area contributed by atoms with E-state index >= 15 is 0 Å². The van der Waals surface area contributed by atoms with Gasteiger partial charge in [0.1, 0.15) is 0 Å². The van der Waals surface area contributed by atoms with Crippen LogP contribution in [0, 0.1) is 0 Å². The predicted octanol–water partition coefficient (Wildman–Crippen LogP) is 4.02. The normalized spacial score (nSPS) is 11.8. The van der Waals surface area contributed by atoms with Crippen LogP contribution in [0.5, 0.6) is 0 Å². The average Bonchev–Trinajstić information content (AvgIpc) is 2.38. The molecule has 0 aliphatic heterocycles. The van der Waals surface area contributed by atoms with Crippen LogP contribution in [0.1, 0.15) is 30.9 Å². The summed E-state index contributed by atoms with van der Waals surface area (Å²) in [4.78, 5) is 0.117. The first kappa shape index (κ1) is 15.9. The fourth-order valence-electron chi connectivity index (χ4n) is 2.07. The van der Waals surface area contributed by atoms with Gasteiger partial charge < -0.3 is 5.73 Å². The lowest BCUT2D eigenvalue weighted by Crippen LogP contribution is -2.06. The van der Waals surface area contributed by atoms with Crippen LogP contribution in [0.2, 0.25) is 5.02 Å². The van der Waals surface area contributed by atoms with Crippen molar-refractivity contribution in [3.63, 3.8) is 0 Å². The van der Waals surface area contributed by atoms with E-state index in [1.165, 1.54) is 17.7 Å². The standard InChI is InChI=1S/C16H18ClNO2S/c1-11(2)13-5-3-12(4-6-13)10-21(19,20)16-8-7-14(18)9-15(16)17/h3-9,11H,10,18H2,1-2H3. The molecule has 0 saturated carbocycles. The molecule has 2 aromatic carbocycles. The Hall–Kier alpha value is -1.52. The Morgan fingerprint density at radius 2 is 1.71 bits per heavy atom. The zero-order valence-corrected chi connectivity index (χ0v) is 13.6. The Morgan fingerprint density at radius 1 is 1.10 bits per heavy atom. The van der Waals surface area contributed by atoms with E-state index in [-0.39, 0.29) is 15.7 Å². The third-order valence-electron chi connectivity index (χ3n) is 3.29. The van der Waals surface area contributed by atoms with E-state index in [4.69, 9.17) is 17.3 Å². The lowest BCUT2D eigenvalue weighted by Gasteiger charge is -2.09. The van der Waals surface area contributed by atoms with Gasteiger partial charge in [-0.25, -0.2) is 8.42 Å². The van der Waals surface area contributed by atoms with Crippen LogP contribution < -0.4 is 5.73 Å². The molecule has 0 atom stereocenters. The number of hydrogen-bond donors (Lipinski definition) is 1. The second kappa shape index (κ2) is 6.08. The third-order valence-corrected chi connectivity index (χ3v) is 5.46. The molecule has 0 radical (unpaired) electrons. The Kier molecular flexibility index (Phi) is 4.59. The van der Waals surface area contributed by atoms with E-state index in [2.05, 4.69) is 13.8 Å². The van der Waals surface area contributed by atoms with Gasteiger partial charge in [-0.05, 0) is 35.2 Å². The quantitative estimate of drug-likeness (QED) is 0.864. The lowest BCUT2D eigenvalue weighted by molar-refractivity contribution is 0.595. The van der Waals surface area contributed by atoms with Crippen molar-refractivity contribution in [2.45, 2.75) is 30.4 Å². The summed E-state index contributed by atoms with van der Waals surface area (Å²) in [7, 11) is -3.48. The van der Waals surface area contributed by atoms with Crippen molar-refractivity contribution < 1.29 is 8.42 Å². The second-order valence-electron chi connectivity index (χ2n) is 5.35. The van der Waals surface area contributed by atoms with E-state index in [1.54, 1.807) is 6.07 Å². The van der Waals surface area contributed by atoms with Crippen molar-refractivity contribution in [1.82, 2.24) is 0 Å². The van der Waals surface area contributed by atoms with Gasteiger partial charge in [0.2, 0.25) is 0 Å². The summed E-state index contributed by atoms with van der Waals surface area (Å²) in [5.41, 5.74) is 7.96. The van der Waals surface area contributed by atoms with E-state index in [0.29, 0.717) is 11.6 Å². The summed E-state index contributed by atoms with van der Waals surface area (Å²) >= 11 is 5.99. The molecule has 2 rings (SSSR count). The van der Waals surface area contributed by atoms with Crippen molar-refractivity contribution in [3.8, 4) is 0 Å². The highest BCUT2D eigenvalue weighted by atomic mass is 35.5. The number of sulfone groups is 1. The molecule has 3 nitrogen and oxygen atoms in total. The molecule has 0 heterocycles. The van der Waals surface area contributed by atoms with Crippen LogP contribution in [-0.2, 0) is 15.6 Å². The summed E-state index contributed by atoms with van der Waals surface area (Å²) in [5, 5.41) is 0.161. The van der Waals surface area contributed by atoms with Crippen molar-refractivity contribution in [2.75, 3.05) is 5.73 Å². The van der Waals surface area contributed by atoms with Gasteiger partial charge in [0.05, 0.1) is 15.7 Å². The Labute approximate surface area is 130 Å². The van der Waals surface area contributed by atoms with Crippen molar-refractivity contribution >= 4 is 27.1 Å². The van der Waals surface area contributed by atoms with Gasteiger partial charge in [0.25, 0.3) is 0 Å². The molecule has 0 aliphatic rings. The van der Waals surface area contributed by atoms with Gasteiger partial charge in [0.15, 0.2) is 9.84 Å². The number of anilines is 1. The minimum atomic E-state index is -3.48. The number of halogens is 1. The highest BCUT2D eigenvalue weighted by Gasteiger charge is 2.19. The van der Waals surface area contributed by atoms with Crippen LogP contribution in [-0.4, -0.2) is 8.42 Å². The minimum Gasteiger partial charge on any atom is -0.399 e. The summed E-state index contributed by atoms with van der Waals surface area (Å²) in [5.74, 6) is 0.344. The molecule has 0 unspecified atom stereocenters. The molecule has 112 valence electrons. The number of nitrogens with two attached hydrogens (primary N) is 1. The largest absolute Gasteiger partial charge is 0.399 e. The summed E-state index contributed by atoms with van der Waals surface area (Å²) in [6.45, 7) is 4.19. The first-order valence-electron chi connectivity index (χ1n) is 6.66. The zero-order valence-electron chi connectivity index (χ0n) is 12.0. The molecule has 2 N–H and O–H groups in total. The van der Waals surface area contributed by atoms with Crippen molar-refractivity contribution in [1.29, 1.82) is 0 Å². The van der Waals surface area contributed by atoms with Gasteiger partial charge in [0, 0.05) is 5.69 Å². The summed E-state index contributed by atoms with van der Waals surface area (Å²) in [6.07, 6.45) is 0. The van der Waals surface area contributed by atoms with Crippen LogP contribution in [0.3, 0.4) is 0 Å². The van der Waals surface area contributed by atoms with E-state index < -0.39 is 9.84 Å². The molecule has 0 spiro atoms. The Bertz CT molecular complexity index is 737. The molecule has 0 aliphatic carbocycles. The fourth-order valence-corrected chi connectivity index (χ4v) is 4.03. The monoisotopic (exact) mass is 323 g/mol.